The van der Waals surface area contributed by atoms with E-state index in [1.54, 1.807) is 11.3 Å². The van der Waals surface area contributed by atoms with Gasteiger partial charge in [0, 0.05) is 49.3 Å². The quantitative estimate of drug-likeness (QED) is 0.901. The molecule has 1 saturated carbocycles. The highest BCUT2D eigenvalue weighted by atomic mass is 32.1. The van der Waals surface area contributed by atoms with Crippen molar-refractivity contribution in [1.82, 2.24) is 20.1 Å². The van der Waals surface area contributed by atoms with Crippen LogP contribution >= 0.6 is 11.3 Å². The standard InChI is InChI=1S/C17H27N5OS/c1-20(2)11-14-9-12-10-21(16(23)19-13-3-4-13)7-5-15(12)22(14)17-18-6-8-24-17/h6,8,12-15H,3-5,7,9-11H2,1-2H3,(H,19,23)/t12-,14+,15+/m1/s1. The molecule has 3 heterocycles. The molecule has 3 aliphatic rings. The molecule has 1 aliphatic carbocycles. The van der Waals surface area contributed by atoms with Gasteiger partial charge in [0.15, 0.2) is 5.13 Å². The van der Waals surface area contributed by atoms with E-state index in [1.165, 1.54) is 0 Å². The monoisotopic (exact) mass is 349 g/mol. The summed E-state index contributed by atoms with van der Waals surface area (Å²) in [6.07, 6.45) is 6.39. The summed E-state index contributed by atoms with van der Waals surface area (Å²) in [5.74, 6) is 0.553. The summed E-state index contributed by atoms with van der Waals surface area (Å²) in [6, 6.07) is 1.60. The normalized spacial score (nSPS) is 29.9. The maximum Gasteiger partial charge on any atom is 0.317 e. The lowest BCUT2D eigenvalue weighted by atomic mass is 9.92. The summed E-state index contributed by atoms with van der Waals surface area (Å²) in [5.41, 5.74) is 0. The Hall–Kier alpha value is -1.34. The number of nitrogens with zero attached hydrogens (tertiary/aromatic N) is 4. The van der Waals surface area contributed by atoms with Crippen LogP contribution in [0.3, 0.4) is 0 Å². The summed E-state index contributed by atoms with van der Waals surface area (Å²) in [5, 5.41) is 6.35. The zero-order chi connectivity index (χ0) is 16.7. The number of aromatic nitrogens is 1. The molecular formula is C17H27N5OS. The van der Waals surface area contributed by atoms with E-state index in [0.717, 1.165) is 50.4 Å². The number of hydrogen-bond acceptors (Lipinski definition) is 5. The van der Waals surface area contributed by atoms with Crippen molar-refractivity contribution in [1.29, 1.82) is 0 Å². The van der Waals surface area contributed by atoms with Gasteiger partial charge in [-0.25, -0.2) is 9.78 Å². The topological polar surface area (TPSA) is 51.7 Å². The van der Waals surface area contributed by atoms with Crippen molar-refractivity contribution in [3.8, 4) is 0 Å². The molecule has 1 aromatic heterocycles. The van der Waals surface area contributed by atoms with E-state index in [2.05, 4.69) is 39.6 Å². The first-order valence-corrected chi connectivity index (χ1v) is 9.88. The smallest absolute Gasteiger partial charge is 0.317 e. The lowest BCUT2D eigenvalue weighted by Gasteiger charge is -2.38. The van der Waals surface area contributed by atoms with Crippen LogP contribution in [0.25, 0.3) is 0 Å². The van der Waals surface area contributed by atoms with Crippen LogP contribution in [0.2, 0.25) is 0 Å². The highest BCUT2D eigenvalue weighted by Crippen LogP contribution is 2.40. The molecule has 2 aliphatic heterocycles. The van der Waals surface area contributed by atoms with E-state index in [-0.39, 0.29) is 6.03 Å². The van der Waals surface area contributed by atoms with Crippen molar-refractivity contribution in [2.45, 2.75) is 43.8 Å². The Morgan fingerprint density at radius 1 is 1.42 bits per heavy atom. The van der Waals surface area contributed by atoms with Crippen molar-refractivity contribution in [2.24, 2.45) is 5.92 Å². The molecule has 24 heavy (non-hydrogen) atoms. The molecule has 4 rings (SSSR count). The van der Waals surface area contributed by atoms with E-state index >= 15 is 0 Å². The fourth-order valence-electron chi connectivity index (χ4n) is 4.26. The number of likely N-dealkylation sites (tertiary alicyclic amines) is 1. The molecule has 0 unspecified atom stereocenters. The minimum atomic E-state index is 0.146. The van der Waals surface area contributed by atoms with Crippen LogP contribution < -0.4 is 10.2 Å². The van der Waals surface area contributed by atoms with Gasteiger partial charge in [-0.15, -0.1) is 11.3 Å². The molecule has 0 radical (unpaired) electrons. The number of carbonyl (C=O) groups excluding carboxylic acids is 1. The van der Waals surface area contributed by atoms with Gasteiger partial charge < -0.3 is 20.0 Å². The van der Waals surface area contributed by atoms with E-state index < -0.39 is 0 Å². The Morgan fingerprint density at radius 2 is 2.25 bits per heavy atom. The average molecular weight is 350 g/mol. The Kier molecular flexibility index (Phi) is 4.39. The van der Waals surface area contributed by atoms with Crippen molar-refractivity contribution in [3.05, 3.63) is 11.6 Å². The van der Waals surface area contributed by atoms with Crippen LogP contribution in [0, 0.1) is 5.92 Å². The summed E-state index contributed by atoms with van der Waals surface area (Å²) < 4.78 is 0. The van der Waals surface area contributed by atoms with Gasteiger partial charge in [-0.1, -0.05) is 0 Å². The maximum absolute atomic E-state index is 12.4. The number of nitrogens with one attached hydrogen (secondary N) is 1. The molecule has 0 aromatic carbocycles. The number of piperidine rings is 1. The molecule has 0 bridgehead atoms. The average Bonchev–Trinajstić information content (AvgIpc) is 3.07. The largest absolute Gasteiger partial charge is 0.340 e. The molecule has 2 amide bonds. The van der Waals surface area contributed by atoms with Gasteiger partial charge in [0.25, 0.3) is 0 Å². The molecule has 0 spiro atoms. The maximum atomic E-state index is 12.4. The van der Waals surface area contributed by atoms with Crippen LogP contribution in [-0.2, 0) is 0 Å². The number of amides is 2. The number of fused-ring (bicyclic) bond motifs is 1. The zero-order valence-corrected chi connectivity index (χ0v) is 15.3. The molecule has 7 heteroatoms. The fraction of sp³-hybridized carbons (Fsp3) is 0.765. The molecule has 3 atom stereocenters. The predicted molar refractivity (Wildman–Crippen MR) is 96.6 cm³/mol. The highest BCUT2D eigenvalue weighted by Gasteiger charge is 2.45. The third-order valence-corrected chi connectivity index (χ3v) is 6.21. The number of likely N-dealkylation sites (N-methyl/N-ethyl adjacent to an activating group) is 1. The minimum absolute atomic E-state index is 0.146. The first kappa shape index (κ1) is 16.1. The molecule has 3 fully saturated rings. The fourth-order valence-corrected chi connectivity index (χ4v) is 5.03. The second-order valence-electron chi connectivity index (χ2n) is 7.66. The zero-order valence-electron chi connectivity index (χ0n) is 14.5. The lowest BCUT2D eigenvalue weighted by molar-refractivity contribution is 0.162. The van der Waals surface area contributed by atoms with Gasteiger partial charge in [-0.05, 0) is 45.7 Å². The van der Waals surface area contributed by atoms with E-state index in [9.17, 15) is 4.79 Å². The number of carbonyl (C=O) groups is 1. The van der Waals surface area contributed by atoms with Crippen LogP contribution in [0.4, 0.5) is 9.93 Å². The second-order valence-corrected chi connectivity index (χ2v) is 8.53. The Labute approximate surface area is 147 Å². The molecule has 132 valence electrons. The van der Waals surface area contributed by atoms with E-state index in [0.29, 0.717) is 24.0 Å². The first-order valence-electron chi connectivity index (χ1n) is 9.00. The van der Waals surface area contributed by atoms with Gasteiger partial charge in [-0.3, -0.25) is 0 Å². The SMILES string of the molecule is CN(C)C[C@@H]1C[C@@H]2CN(C(=O)NC3CC3)CC[C@@H]2N1c1nccs1. The van der Waals surface area contributed by atoms with Gasteiger partial charge >= 0.3 is 6.03 Å². The first-order chi connectivity index (χ1) is 11.6. The van der Waals surface area contributed by atoms with Gasteiger partial charge in [0.1, 0.15) is 0 Å². The molecule has 1 aromatic rings. The summed E-state index contributed by atoms with van der Waals surface area (Å²) in [7, 11) is 4.27. The van der Waals surface area contributed by atoms with Crippen LogP contribution in [0.15, 0.2) is 11.6 Å². The third kappa shape index (κ3) is 3.24. The van der Waals surface area contributed by atoms with Crippen molar-refractivity contribution < 1.29 is 4.79 Å². The minimum Gasteiger partial charge on any atom is -0.340 e. The lowest BCUT2D eigenvalue weighted by Crippen LogP contribution is -2.52. The van der Waals surface area contributed by atoms with Crippen molar-refractivity contribution >= 4 is 22.5 Å². The summed E-state index contributed by atoms with van der Waals surface area (Å²) >= 11 is 1.73. The van der Waals surface area contributed by atoms with Crippen LogP contribution in [0.5, 0.6) is 0 Å². The number of rotatable bonds is 4. The number of hydrogen-bond donors (Lipinski definition) is 1. The van der Waals surface area contributed by atoms with Gasteiger partial charge in [-0.2, -0.15) is 0 Å². The Bertz CT molecular complexity index is 574. The Morgan fingerprint density at radius 3 is 2.92 bits per heavy atom. The number of urea groups is 1. The highest BCUT2D eigenvalue weighted by molar-refractivity contribution is 7.13. The van der Waals surface area contributed by atoms with Crippen LogP contribution in [-0.4, -0.2) is 72.7 Å². The molecular weight excluding hydrogens is 322 g/mol. The van der Waals surface area contributed by atoms with Gasteiger partial charge in [0.05, 0.1) is 0 Å². The Balaban J connectivity index is 1.47. The van der Waals surface area contributed by atoms with Crippen molar-refractivity contribution in [2.75, 3.05) is 38.6 Å². The van der Waals surface area contributed by atoms with Crippen molar-refractivity contribution in [3.63, 3.8) is 0 Å². The van der Waals surface area contributed by atoms with Gasteiger partial charge in [0.2, 0.25) is 0 Å². The second kappa shape index (κ2) is 6.52. The molecule has 2 saturated heterocycles. The summed E-state index contributed by atoms with van der Waals surface area (Å²) in [6.45, 7) is 2.78. The summed E-state index contributed by atoms with van der Waals surface area (Å²) in [4.78, 5) is 23.8. The number of anilines is 1. The molecule has 6 nitrogen and oxygen atoms in total. The van der Waals surface area contributed by atoms with E-state index in [4.69, 9.17) is 0 Å². The molecule has 1 N–H and O–H groups in total. The van der Waals surface area contributed by atoms with E-state index in [1.807, 2.05) is 11.1 Å². The predicted octanol–water partition coefficient (Wildman–Crippen LogP) is 1.85. The van der Waals surface area contributed by atoms with Crippen LogP contribution in [0.1, 0.15) is 25.7 Å². The third-order valence-electron chi connectivity index (χ3n) is 5.43. The number of thiazole rings is 1.